The molecule has 1 rings (SSSR count). The van der Waals surface area contributed by atoms with E-state index >= 15 is 0 Å². The van der Waals surface area contributed by atoms with Crippen molar-refractivity contribution in [1.29, 1.82) is 0 Å². The van der Waals surface area contributed by atoms with Gasteiger partial charge in [0.1, 0.15) is 0 Å². The summed E-state index contributed by atoms with van der Waals surface area (Å²) in [6.45, 7) is -0.311. The van der Waals surface area contributed by atoms with E-state index in [1.54, 1.807) is 0 Å². The molecule has 1 aromatic rings. The second-order valence-electron chi connectivity index (χ2n) is 4.04. The molecule has 6 nitrogen and oxygen atoms in total. The molecule has 0 aromatic heterocycles. The van der Waals surface area contributed by atoms with Crippen LogP contribution in [-0.4, -0.2) is 37.4 Å². The maximum absolute atomic E-state index is 11.7. The van der Waals surface area contributed by atoms with Crippen LogP contribution < -0.4 is 10.6 Å². The summed E-state index contributed by atoms with van der Waals surface area (Å²) in [4.78, 5) is 23.1. The normalized spacial score (nSPS) is 11.8. The van der Waals surface area contributed by atoms with Gasteiger partial charge >= 0.3 is 5.97 Å². The van der Waals surface area contributed by atoms with E-state index in [2.05, 4.69) is 31.3 Å². The Morgan fingerprint density at radius 1 is 1.45 bits per heavy atom. The topological polar surface area (TPSA) is 87.7 Å². The summed E-state index contributed by atoms with van der Waals surface area (Å²) in [6, 6.07) is 6.84. The molecular formula is C13H17BrN2O4. The zero-order chi connectivity index (χ0) is 15.0. The Morgan fingerprint density at radius 2 is 2.20 bits per heavy atom. The maximum atomic E-state index is 11.7. The summed E-state index contributed by atoms with van der Waals surface area (Å²) >= 11 is 3.35. The number of methoxy groups -OCH3 is 1. The Bertz CT molecular complexity index is 467. The number of carbonyl (C=O) groups excluding carboxylic acids is 2. The lowest BCUT2D eigenvalue weighted by atomic mass is 10.0. The van der Waals surface area contributed by atoms with Crippen LogP contribution in [0.4, 0.5) is 0 Å². The largest absolute Gasteiger partial charge is 0.469 e. The van der Waals surface area contributed by atoms with E-state index in [0.717, 1.165) is 10.0 Å². The molecule has 0 unspecified atom stereocenters. The van der Waals surface area contributed by atoms with Crippen LogP contribution in [0.25, 0.3) is 0 Å². The second-order valence-corrected chi connectivity index (χ2v) is 4.96. The van der Waals surface area contributed by atoms with Crippen molar-refractivity contribution in [3.8, 4) is 0 Å². The highest BCUT2D eigenvalue weighted by atomic mass is 79.9. The number of amides is 1. The first-order chi connectivity index (χ1) is 9.56. The van der Waals surface area contributed by atoms with E-state index < -0.39 is 12.0 Å². The molecule has 0 saturated carbocycles. The van der Waals surface area contributed by atoms with E-state index in [-0.39, 0.29) is 25.6 Å². The van der Waals surface area contributed by atoms with E-state index in [0.29, 0.717) is 0 Å². The smallest absolute Gasteiger partial charge is 0.307 e. The number of carbonyl (C=O) groups is 2. The third kappa shape index (κ3) is 5.68. The Hall–Kier alpha value is -1.44. The summed E-state index contributed by atoms with van der Waals surface area (Å²) in [7, 11) is 1.30. The Kier molecular flexibility index (Phi) is 7.21. The monoisotopic (exact) mass is 344 g/mol. The number of nitrogens with one attached hydrogen (secondary N) is 2. The van der Waals surface area contributed by atoms with Gasteiger partial charge in [-0.3, -0.25) is 14.9 Å². The van der Waals surface area contributed by atoms with Crippen LogP contribution in [0.3, 0.4) is 0 Å². The van der Waals surface area contributed by atoms with Gasteiger partial charge in [0.2, 0.25) is 5.91 Å². The molecule has 0 aliphatic rings. The third-order valence-electron chi connectivity index (χ3n) is 2.58. The summed E-state index contributed by atoms with van der Waals surface area (Å²) < 4.78 is 5.49. The minimum absolute atomic E-state index is 0.0256. The Morgan fingerprint density at radius 3 is 2.80 bits per heavy atom. The van der Waals surface area contributed by atoms with Crippen LogP contribution in [0.2, 0.25) is 0 Å². The molecule has 0 bridgehead atoms. The molecule has 110 valence electrons. The zero-order valence-corrected chi connectivity index (χ0v) is 12.6. The predicted octanol–water partition coefficient (Wildman–Crippen LogP) is 0.709. The van der Waals surface area contributed by atoms with Crippen LogP contribution in [0, 0.1) is 0 Å². The molecule has 1 aromatic carbocycles. The number of aliphatic hydroxyl groups is 1. The quantitative estimate of drug-likeness (QED) is 0.500. The minimum atomic E-state index is -0.479. The average Bonchev–Trinajstić information content (AvgIpc) is 2.44. The Balaban J connectivity index is 2.79. The van der Waals surface area contributed by atoms with Crippen molar-refractivity contribution in [2.45, 2.75) is 12.5 Å². The number of hydrogen-bond donors (Lipinski definition) is 3. The molecule has 0 radical (unpaired) electrons. The molecule has 1 amide bonds. The molecule has 0 aliphatic heterocycles. The van der Waals surface area contributed by atoms with E-state index in [9.17, 15) is 9.59 Å². The van der Waals surface area contributed by atoms with Gasteiger partial charge < -0.3 is 15.2 Å². The molecular weight excluding hydrogens is 328 g/mol. The van der Waals surface area contributed by atoms with Gasteiger partial charge in [-0.1, -0.05) is 28.1 Å². The maximum Gasteiger partial charge on any atom is 0.307 e. The van der Waals surface area contributed by atoms with Crippen molar-refractivity contribution < 1.29 is 19.4 Å². The highest BCUT2D eigenvalue weighted by molar-refractivity contribution is 9.10. The van der Waals surface area contributed by atoms with Crippen LogP contribution in [0.5, 0.6) is 0 Å². The van der Waals surface area contributed by atoms with Gasteiger partial charge in [0.25, 0.3) is 0 Å². The van der Waals surface area contributed by atoms with Gasteiger partial charge in [0, 0.05) is 4.47 Å². The highest BCUT2D eigenvalue weighted by Gasteiger charge is 2.18. The molecule has 20 heavy (non-hydrogen) atoms. The number of esters is 1. The molecule has 0 saturated heterocycles. The van der Waals surface area contributed by atoms with Crippen LogP contribution in [0.15, 0.2) is 28.7 Å². The van der Waals surface area contributed by atoms with Crippen molar-refractivity contribution in [3.63, 3.8) is 0 Å². The molecule has 7 heteroatoms. The van der Waals surface area contributed by atoms with Gasteiger partial charge in [-0.2, -0.15) is 0 Å². The fraction of sp³-hybridized carbons (Fsp3) is 0.385. The molecule has 0 fully saturated rings. The minimum Gasteiger partial charge on any atom is -0.469 e. The van der Waals surface area contributed by atoms with Crippen molar-refractivity contribution in [1.82, 2.24) is 10.6 Å². The standard InChI is InChI=1S/C13H17BrN2O4/c1-20-13(19)6-11(16-12(18)7-15-8-17)9-3-2-4-10(14)5-9/h2-5,11,15,17H,6-8H2,1H3,(H,16,18)/t11-/m0/s1. The van der Waals surface area contributed by atoms with Crippen molar-refractivity contribution >= 4 is 27.8 Å². The first-order valence-electron chi connectivity index (χ1n) is 6.00. The molecule has 3 N–H and O–H groups in total. The molecule has 0 aliphatic carbocycles. The van der Waals surface area contributed by atoms with Crippen molar-refractivity contribution in [2.24, 2.45) is 0 Å². The molecule has 1 atom stereocenters. The second kappa shape index (κ2) is 8.68. The zero-order valence-electron chi connectivity index (χ0n) is 11.1. The van der Waals surface area contributed by atoms with Gasteiger partial charge in [-0.15, -0.1) is 0 Å². The van der Waals surface area contributed by atoms with Crippen LogP contribution in [0.1, 0.15) is 18.0 Å². The lowest BCUT2D eigenvalue weighted by Crippen LogP contribution is -2.37. The summed E-state index contributed by atoms with van der Waals surface area (Å²) in [5.74, 6) is -0.724. The van der Waals surface area contributed by atoms with Crippen molar-refractivity contribution in [3.05, 3.63) is 34.3 Å². The molecule has 0 heterocycles. The first kappa shape index (κ1) is 16.6. The highest BCUT2D eigenvalue weighted by Crippen LogP contribution is 2.21. The number of ether oxygens (including phenoxy) is 1. The Labute approximate surface area is 125 Å². The van der Waals surface area contributed by atoms with Crippen LogP contribution >= 0.6 is 15.9 Å². The fourth-order valence-corrected chi connectivity index (χ4v) is 2.06. The van der Waals surface area contributed by atoms with Crippen molar-refractivity contribution in [2.75, 3.05) is 20.4 Å². The number of benzene rings is 1. The number of halogens is 1. The van der Waals surface area contributed by atoms with E-state index in [1.165, 1.54) is 7.11 Å². The van der Waals surface area contributed by atoms with Gasteiger partial charge in [-0.25, -0.2) is 0 Å². The SMILES string of the molecule is COC(=O)C[C@H](NC(=O)CNCO)c1cccc(Br)c1. The number of hydrogen-bond acceptors (Lipinski definition) is 5. The number of aliphatic hydroxyl groups excluding tert-OH is 1. The van der Waals surface area contributed by atoms with Gasteiger partial charge in [0.15, 0.2) is 0 Å². The third-order valence-corrected chi connectivity index (χ3v) is 3.08. The van der Waals surface area contributed by atoms with E-state index in [1.807, 2.05) is 24.3 Å². The fourth-order valence-electron chi connectivity index (χ4n) is 1.64. The van der Waals surface area contributed by atoms with Gasteiger partial charge in [-0.05, 0) is 17.7 Å². The summed E-state index contributed by atoms with van der Waals surface area (Å²) in [5, 5.41) is 13.8. The number of rotatable bonds is 7. The summed E-state index contributed by atoms with van der Waals surface area (Å²) in [6.07, 6.45) is 0.0395. The van der Waals surface area contributed by atoms with Gasteiger partial charge in [0.05, 0.1) is 32.8 Å². The lowest BCUT2D eigenvalue weighted by Gasteiger charge is -2.18. The predicted molar refractivity (Wildman–Crippen MR) is 76.7 cm³/mol. The lowest BCUT2D eigenvalue weighted by molar-refractivity contribution is -0.141. The van der Waals surface area contributed by atoms with Crippen LogP contribution in [-0.2, 0) is 14.3 Å². The van der Waals surface area contributed by atoms with E-state index in [4.69, 9.17) is 5.11 Å². The first-order valence-corrected chi connectivity index (χ1v) is 6.79. The average molecular weight is 345 g/mol. The summed E-state index contributed by atoms with van der Waals surface area (Å²) in [5.41, 5.74) is 0.794. The molecule has 0 spiro atoms.